The van der Waals surface area contributed by atoms with Crippen molar-refractivity contribution in [3.63, 3.8) is 0 Å². The van der Waals surface area contributed by atoms with Crippen LogP contribution in [0, 0.1) is 0 Å². The molecule has 0 saturated carbocycles. The zero-order valence-electron chi connectivity index (χ0n) is 11.9. The number of carbonyl (C=O) groups is 1. The standard InChI is InChI=1S/C17H12F2N2O2/c18-17(19)23-14-9-2-1-7-12(14)16(22)21-13-8-3-5-11-6-4-10-20-15(11)13/h1-10,17H,(H,21,22). The number of nitrogens with zero attached hydrogens (tertiary/aromatic N) is 1. The first-order valence-electron chi connectivity index (χ1n) is 6.84. The van der Waals surface area contributed by atoms with E-state index < -0.39 is 12.5 Å². The van der Waals surface area contributed by atoms with Gasteiger partial charge in [-0.05, 0) is 24.3 Å². The molecule has 0 fully saturated rings. The van der Waals surface area contributed by atoms with E-state index in [2.05, 4.69) is 15.0 Å². The SMILES string of the molecule is O=C(Nc1cccc2cccnc12)c1ccccc1OC(F)F. The summed E-state index contributed by atoms with van der Waals surface area (Å²) in [6.45, 7) is -3.00. The normalized spacial score (nSPS) is 10.7. The second kappa shape index (κ2) is 6.39. The van der Waals surface area contributed by atoms with Gasteiger partial charge in [0.25, 0.3) is 5.91 Å². The molecule has 0 radical (unpaired) electrons. The highest BCUT2D eigenvalue weighted by Crippen LogP contribution is 2.24. The van der Waals surface area contributed by atoms with Gasteiger partial charge in [0.2, 0.25) is 0 Å². The molecule has 3 rings (SSSR count). The molecular formula is C17H12F2N2O2. The van der Waals surface area contributed by atoms with Gasteiger partial charge in [0.1, 0.15) is 5.75 Å². The van der Waals surface area contributed by atoms with E-state index in [9.17, 15) is 13.6 Å². The Balaban J connectivity index is 1.93. The van der Waals surface area contributed by atoms with E-state index in [1.54, 1.807) is 30.5 Å². The maximum absolute atomic E-state index is 12.4. The molecule has 0 spiro atoms. The van der Waals surface area contributed by atoms with Gasteiger partial charge in [0.15, 0.2) is 0 Å². The Bertz CT molecular complexity index is 847. The maximum Gasteiger partial charge on any atom is 0.387 e. The number of nitrogens with one attached hydrogen (secondary N) is 1. The quantitative estimate of drug-likeness (QED) is 0.789. The Kier molecular flexibility index (Phi) is 4.14. The highest BCUT2D eigenvalue weighted by Gasteiger charge is 2.16. The molecule has 116 valence electrons. The summed E-state index contributed by atoms with van der Waals surface area (Å²) >= 11 is 0. The molecule has 1 N–H and O–H groups in total. The van der Waals surface area contributed by atoms with Crippen LogP contribution in [0.5, 0.6) is 5.75 Å². The van der Waals surface area contributed by atoms with Crippen LogP contribution in [-0.2, 0) is 0 Å². The van der Waals surface area contributed by atoms with Crippen LogP contribution < -0.4 is 10.1 Å². The number of fused-ring (bicyclic) bond motifs is 1. The highest BCUT2D eigenvalue weighted by molar-refractivity contribution is 6.09. The van der Waals surface area contributed by atoms with E-state index in [0.29, 0.717) is 11.2 Å². The van der Waals surface area contributed by atoms with Crippen molar-refractivity contribution < 1.29 is 18.3 Å². The van der Waals surface area contributed by atoms with Crippen LogP contribution in [0.25, 0.3) is 10.9 Å². The van der Waals surface area contributed by atoms with E-state index in [-0.39, 0.29) is 11.3 Å². The van der Waals surface area contributed by atoms with Crippen LogP contribution in [0.1, 0.15) is 10.4 Å². The van der Waals surface area contributed by atoms with Gasteiger partial charge >= 0.3 is 6.61 Å². The van der Waals surface area contributed by atoms with Crippen LogP contribution in [0.4, 0.5) is 14.5 Å². The summed E-state index contributed by atoms with van der Waals surface area (Å²) in [6, 6.07) is 14.8. The molecule has 1 amide bonds. The molecule has 1 heterocycles. The van der Waals surface area contributed by atoms with E-state index in [1.165, 1.54) is 18.2 Å². The number of amides is 1. The topological polar surface area (TPSA) is 51.2 Å². The van der Waals surface area contributed by atoms with E-state index in [1.807, 2.05) is 12.1 Å². The van der Waals surface area contributed by atoms with E-state index in [4.69, 9.17) is 0 Å². The Morgan fingerprint density at radius 1 is 1.04 bits per heavy atom. The molecule has 0 aliphatic heterocycles. The first-order valence-corrected chi connectivity index (χ1v) is 6.84. The van der Waals surface area contributed by atoms with Gasteiger partial charge in [-0.3, -0.25) is 9.78 Å². The maximum atomic E-state index is 12.4. The van der Waals surface area contributed by atoms with E-state index >= 15 is 0 Å². The van der Waals surface area contributed by atoms with Crippen LogP contribution in [0.15, 0.2) is 60.8 Å². The number of para-hydroxylation sites is 2. The fourth-order valence-corrected chi connectivity index (χ4v) is 2.25. The molecular weight excluding hydrogens is 302 g/mol. The smallest absolute Gasteiger partial charge is 0.387 e. The highest BCUT2D eigenvalue weighted by atomic mass is 19.3. The number of ether oxygens (including phenoxy) is 1. The van der Waals surface area contributed by atoms with E-state index in [0.717, 1.165) is 5.39 Å². The molecule has 0 bridgehead atoms. The van der Waals surface area contributed by atoms with Crippen molar-refractivity contribution in [2.45, 2.75) is 6.61 Å². The third-order valence-electron chi connectivity index (χ3n) is 3.23. The minimum atomic E-state index is -3.00. The summed E-state index contributed by atoms with van der Waals surface area (Å²) in [4.78, 5) is 16.6. The summed E-state index contributed by atoms with van der Waals surface area (Å²) in [5.74, 6) is -0.715. The molecule has 6 heteroatoms. The average molecular weight is 314 g/mol. The molecule has 2 aromatic carbocycles. The minimum absolute atomic E-state index is 0.0285. The van der Waals surface area contributed by atoms with Crippen molar-refractivity contribution in [1.29, 1.82) is 0 Å². The summed E-state index contributed by atoms with van der Waals surface area (Å²) < 4.78 is 29.3. The molecule has 0 unspecified atom stereocenters. The molecule has 0 aliphatic rings. The van der Waals surface area contributed by atoms with Gasteiger partial charge in [0.05, 0.1) is 16.8 Å². The number of benzene rings is 2. The fourth-order valence-electron chi connectivity index (χ4n) is 2.25. The predicted molar refractivity (Wildman–Crippen MR) is 82.8 cm³/mol. The van der Waals surface area contributed by atoms with Crippen molar-refractivity contribution in [2.24, 2.45) is 0 Å². The largest absolute Gasteiger partial charge is 0.434 e. The number of aromatic nitrogens is 1. The van der Waals surface area contributed by atoms with Crippen LogP contribution >= 0.6 is 0 Å². The molecule has 0 atom stereocenters. The predicted octanol–water partition coefficient (Wildman–Crippen LogP) is 4.09. The zero-order valence-corrected chi connectivity index (χ0v) is 11.9. The zero-order chi connectivity index (χ0) is 16.2. The van der Waals surface area contributed by atoms with Crippen molar-refractivity contribution in [3.05, 3.63) is 66.4 Å². The summed E-state index contributed by atoms with van der Waals surface area (Å²) in [5.41, 5.74) is 1.15. The number of hydrogen-bond donors (Lipinski definition) is 1. The lowest BCUT2D eigenvalue weighted by Crippen LogP contribution is -2.15. The van der Waals surface area contributed by atoms with Crippen LogP contribution in [0.2, 0.25) is 0 Å². The lowest BCUT2D eigenvalue weighted by molar-refractivity contribution is -0.0501. The second-order valence-electron chi connectivity index (χ2n) is 4.71. The lowest BCUT2D eigenvalue weighted by atomic mass is 10.1. The Hall–Kier alpha value is -3.02. The van der Waals surface area contributed by atoms with Gasteiger partial charge in [-0.25, -0.2) is 0 Å². The molecule has 3 aromatic rings. The molecule has 0 saturated heterocycles. The number of pyridine rings is 1. The molecule has 0 aliphatic carbocycles. The van der Waals surface area contributed by atoms with Crippen molar-refractivity contribution in [1.82, 2.24) is 4.98 Å². The number of carbonyl (C=O) groups excluding carboxylic acids is 1. The van der Waals surface area contributed by atoms with Crippen molar-refractivity contribution in [2.75, 3.05) is 5.32 Å². The lowest BCUT2D eigenvalue weighted by Gasteiger charge is -2.11. The summed E-state index contributed by atoms with van der Waals surface area (Å²) in [5, 5.41) is 3.55. The Morgan fingerprint density at radius 3 is 2.65 bits per heavy atom. The number of halogens is 2. The Morgan fingerprint density at radius 2 is 1.83 bits per heavy atom. The van der Waals surface area contributed by atoms with Gasteiger partial charge in [-0.2, -0.15) is 8.78 Å². The number of alkyl halides is 2. The number of rotatable bonds is 4. The first-order chi connectivity index (χ1) is 11.1. The number of anilines is 1. The summed E-state index contributed by atoms with van der Waals surface area (Å²) in [7, 11) is 0. The fraction of sp³-hybridized carbons (Fsp3) is 0.0588. The van der Waals surface area contributed by atoms with Crippen molar-refractivity contribution >= 4 is 22.5 Å². The van der Waals surface area contributed by atoms with Gasteiger partial charge in [-0.15, -0.1) is 0 Å². The molecule has 23 heavy (non-hydrogen) atoms. The minimum Gasteiger partial charge on any atom is -0.434 e. The van der Waals surface area contributed by atoms with Crippen LogP contribution in [-0.4, -0.2) is 17.5 Å². The second-order valence-corrected chi connectivity index (χ2v) is 4.71. The van der Waals surface area contributed by atoms with Crippen LogP contribution in [0.3, 0.4) is 0 Å². The van der Waals surface area contributed by atoms with Gasteiger partial charge in [-0.1, -0.05) is 30.3 Å². The van der Waals surface area contributed by atoms with Gasteiger partial charge < -0.3 is 10.1 Å². The third-order valence-corrected chi connectivity index (χ3v) is 3.23. The average Bonchev–Trinajstić information content (AvgIpc) is 2.55. The van der Waals surface area contributed by atoms with Gasteiger partial charge in [0, 0.05) is 11.6 Å². The third kappa shape index (κ3) is 3.26. The molecule has 4 nitrogen and oxygen atoms in total. The Labute approximate surface area is 130 Å². The first kappa shape index (κ1) is 14.9. The molecule has 1 aromatic heterocycles. The summed E-state index contributed by atoms with van der Waals surface area (Å²) in [6.07, 6.45) is 1.62. The monoisotopic (exact) mass is 314 g/mol. The number of hydrogen-bond acceptors (Lipinski definition) is 3. The van der Waals surface area contributed by atoms with Crippen molar-refractivity contribution in [3.8, 4) is 5.75 Å².